The number of hydrogen-bond donors (Lipinski definition) is 1. The summed E-state index contributed by atoms with van der Waals surface area (Å²) >= 11 is 0. The van der Waals surface area contributed by atoms with Gasteiger partial charge in [0.05, 0.1) is 0 Å². The minimum absolute atomic E-state index is 0.431. The van der Waals surface area contributed by atoms with E-state index in [4.69, 9.17) is 4.74 Å². The predicted octanol–water partition coefficient (Wildman–Crippen LogP) is 1.83. The largest absolute Gasteiger partial charge is 0.377 e. The van der Waals surface area contributed by atoms with E-state index in [1.807, 2.05) is 6.07 Å². The number of nitrogens with one attached hydrogen (secondary N) is 1. The molecule has 6 heteroatoms. The maximum absolute atomic E-state index is 5.16. The van der Waals surface area contributed by atoms with Crippen LogP contribution in [-0.2, 0) is 11.3 Å². The molecule has 0 amide bonds. The average Bonchev–Trinajstić information content (AvgIpc) is 2.44. The zero-order valence-corrected chi connectivity index (χ0v) is 14.0. The second kappa shape index (κ2) is 9.52. The Hall–Kier alpha value is -1.40. The lowest BCUT2D eigenvalue weighted by molar-refractivity contribution is 0.178. The Morgan fingerprint density at radius 2 is 1.95 bits per heavy atom. The van der Waals surface area contributed by atoms with Crippen molar-refractivity contribution in [1.29, 1.82) is 0 Å². The van der Waals surface area contributed by atoms with Crippen molar-refractivity contribution < 1.29 is 4.74 Å². The molecule has 0 fully saturated rings. The molecule has 0 unspecified atom stereocenters. The standard InChI is InChI=1S/C15H29N5O/c1-6-8-16-13-11-15(18-14(17-13)12-21-5)20(4)10-7-9-19(2)3/h11H,6-10,12H2,1-5H3,(H,16,17,18). The minimum Gasteiger partial charge on any atom is -0.377 e. The first-order valence-corrected chi connectivity index (χ1v) is 7.53. The maximum atomic E-state index is 5.16. The summed E-state index contributed by atoms with van der Waals surface area (Å²) in [5.41, 5.74) is 0. The monoisotopic (exact) mass is 295 g/mol. The lowest BCUT2D eigenvalue weighted by atomic mass is 10.3. The molecule has 0 spiro atoms. The van der Waals surface area contributed by atoms with Crippen LogP contribution in [0.3, 0.4) is 0 Å². The highest BCUT2D eigenvalue weighted by Crippen LogP contribution is 2.15. The van der Waals surface area contributed by atoms with Gasteiger partial charge in [-0.25, -0.2) is 9.97 Å². The Balaban J connectivity index is 2.75. The molecule has 1 N–H and O–H groups in total. The van der Waals surface area contributed by atoms with Crippen molar-refractivity contribution in [3.05, 3.63) is 11.9 Å². The van der Waals surface area contributed by atoms with Gasteiger partial charge < -0.3 is 19.9 Å². The first kappa shape index (κ1) is 17.7. The molecular formula is C15H29N5O. The Bertz CT molecular complexity index is 411. The van der Waals surface area contributed by atoms with Crippen LogP contribution in [0.5, 0.6) is 0 Å². The third-order valence-electron chi connectivity index (χ3n) is 3.08. The third kappa shape index (κ3) is 6.73. The van der Waals surface area contributed by atoms with E-state index in [1.54, 1.807) is 7.11 Å². The summed E-state index contributed by atoms with van der Waals surface area (Å²) in [7, 11) is 7.91. The first-order valence-electron chi connectivity index (χ1n) is 7.53. The molecule has 0 aliphatic carbocycles. The topological polar surface area (TPSA) is 53.5 Å². The maximum Gasteiger partial charge on any atom is 0.158 e. The normalized spacial score (nSPS) is 11.0. The summed E-state index contributed by atoms with van der Waals surface area (Å²) in [6, 6.07) is 2.00. The average molecular weight is 295 g/mol. The molecule has 0 radical (unpaired) electrons. The molecule has 1 rings (SSSR count). The SMILES string of the molecule is CCCNc1cc(N(C)CCCN(C)C)nc(COC)n1. The van der Waals surface area contributed by atoms with Crippen LogP contribution in [0.4, 0.5) is 11.6 Å². The molecule has 1 aromatic rings. The molecule has 0 saturated heterocycles. The number of methoxy groups -OCH3 is 1. The summed E-state index contributed by atoms with van der Waals surface area (Å²) in [4.78, 5) is 13.4. The van der Waals surface area contributed by atoms with E-state index < -0.39 is 0 Å². The highest BCUT2D eigenvalue weighted by Gasteiger charge is 2.08. The summed E-state index contributed by atoms with van der Waals surface area (Å²) < 4.78 is 5.16. The van der Waals surface area contributed by atoms with Gasteiger partial charge in [0, 0.05) is 33.3 Å². The molecule has 0 atom stereocenters. The fourth-order valence-corrected chi connectivity index (χ4v) is 1.95. The van der Waals surface area contributed by atoms with Crippen molar-refractivity contribution in [3.63, 3.8) is 0 Å². The lowest BCUT2D eigenvalue weighted by Crippen LogP contribution is -2.24. The van der Waals surface area contributed by atoms with E-state index >= 15 is 0 Å². The van der Waals surface area contributed by atoms with Crippen LogP contribution in [0.25, 0.3) is 0 Å². The number of hydrogen-bond acceptors (Lipinski definition) is 6. The van der Waals surface area contributed by atoms with Gasteiger partial charge in [-0.2, -0.15) is 0 Å². The Morgan fingerprint density at radius 1 is 1.19 bits per heavy atom. The summed E-state index contributed by atoms with van der Waals surface area (Å²) in [5, 5.41) is 3.32. The van der Waals surface area contributed by atoms with Gasteiger partial charge in [0.2, 0.25) is 0 Å². The number of nitrogens with zero attached hydrogens (tertiary/aromatic N) is 4. The van der Waals surface area contributed by atoms with Gasteiger partial charge in [-0.15, -0.1) is 0 Å². The smallest absolute Gasteiger partial charge is 0.158 e. The van der Waals surface area contributed by atoms with E-state index in [0.717, 1.165) is 44.1 Å². The van der Waals surface area contributed by atoms with Crippen molar-refractivity contribution in [2.24, 2.45) is 0 Å². The second-order valence-electron chi connectivity index (χ2n) is 5.47. The van der Waals surface area contributed by atoms with Gasteiger partial charge in [0.15, 0.2) is 5.82 Å². The molecule has 1 aromatic heterocycles. The van der Waals surface area contributed by atoms with Crippen LogP contribution in [0.2, 0.25) is 0 Å². The molecular weight excluding hydrogens is 266 g/mol. The van der Waals surface area contributed by atoms with Crippen LogP contribution in [-0.4, -0.2) is 62.8 Å². The fourth-order valence-electron chi connectivity index (χ4n) is 1.95. The fraction of sp³-hybridized carbons (Fsp3) is 0.733. The Labute approximate surface area is 128 Å². The van der Waals surface area contributed by atoms with Crippen LogP contribution < -0.4 is 10.2 Å². The number of anilines is 2. The van der Waals surface area contributed by atoms with E-state index in [1.165, 1.54) is 0 Å². The predicted molar refractivity (Wildman–Crippen MR) is 88.0 cm³/mol. The van der Waals surface area contributed by atoms with Gasteiger partial charge in [-0.05, 0) is 33.5 Å². The highest BCUT2D eigenvalue weighted by atomic mass is 16.5. The number of rotatable bonds is 10. The molecule has 0 aliphatic heterocycles. The summed E-state index contributed by atoms with van der Waals surface area (Å²) in [6.07, 6.45) is 2.17. The second-order valence-corrected chi connectivity index (χ2v) is 5.47. The van der Waals surface area contributed by atoms with Crippen LogP contribution >= 0.6 is 0 Å². The van der Waals surface area contributed by atoms with Crippen molar-refractivity contribution in [1.82, 2.24) is 14.9 Å². The van der Waals surface area contributed by atoms with Crippen LogP contribution in [0, 0.1) is 0 Å². The molecule has 0 saturated carbocycles. The van der Waals surface area contributed by atoms with Crippen molar-refractivity contribution in [3.8, 4) is 0 Å². The van der Waals surface area contributed by atoms with Gasteiger partial charge in [-0.1, -0.05) is 6.92 Å². The van der Waals surface area contributed by atoms with Crippen LogP contribution in [0.1, 0.15) is 25.6 Å². The quantitative estimate of drug-likeness (QED) is 0.711. The van der Waals surface area contributed by atoms with E-state index in [-0.39, 0.29) is 0 Å². The van der Waals surface area contributed by atoms with Crippen molar-refractivity contribution in [2.75, 3.05) is 58.1 Å². The molecule has 120 valence electrons. The molecule has 1 heterocycles. The number of aromatic nitrogens is 2. The van der Waals surface area contributed by atoms with E-state index in [0.29, 0.717) is 12.4 Å². The molecule has 0 bridgehead atoms. The lowest BCUT2D eigenvalue weighted by Gasteiger charge is -2.20. The van der Waals surface area contributed by atoms with Crippen LogP contribution in [0.15, 0.2) is 6.07 Å². The Morgan fingerprint density at radius 3 is 2.57 bits per heavy atom. The number of ether oxygens (including phenoxy) is 1. The Kier molecular flexibility index (Phi) is 8.00. The van der Waals surface area contributed by atoms with Gasteiger partial charge in [0.1, 0.15) is 18.2 Å². The van der Waals surface area contributed by atoms with Crippen molar-refractivity contribution >= 4 is 11.6 Å². The highest BCUT2D eigenvalue weighted by molar-refractivity contribution is 5.49. The van der Waals surface area contributed by atoms with E-state index in [9.17, 15) is 0 Å². The third-order valence-corrected chi connectivity index (χ3v) is 3.08. The minimum atomic E-state index is 0.431. The molecule has 21 heavy (non-hydrogen) atoms. The first-order chi connectivity index (χ1) is 10.1. The molecule has 0 aromatic carbocycles. The van der Waals surface area contributed by atoms with Gasteiger partial charge in [-0.3, -0.25) is 0 Å². The zero-order chi connectivity index (χ0) is 15.7. The summed E-state index contributed by atoms with van der Waals surface area (Å²) in [6.45, 7) is 5.52. The van der Waals surface area contributed by atoms with Gasteiger partial charge >= 0.3 is 0 Å². The summed E-state index contributed by atoms with van der Waals surface area (Å²) in [5.74, 6) is 2.52. The molecule has 6 nitrogen and oxygen atoms in total. The molecule has 0 aliphatic rings. The van der Waals surface area contributed by atoms with E-state index in [2.05, 4.69) is 53.2 Å². The zero-order valence-electron chi connectivity index (χ0n) is 14.0. The van der Waals surface area contributed by atoms with Gasteiger partial charge in [0.25, 0.3) is 0 Å². The van der Waals surface area contributed by atoms with Crippen molar-refractivity contribution in [2.45, 2.75) is 26.4 Å².